The van der Waals surface area contributed by atoms with Crippen LogP contribution in [0.1, 0.15) is 17.2 Å². The van der Waals surface area contributed by atoms with Crippen molar-refractivity contribution < 1.29 is 42.7 Å². The first-order valence-electron chi connectivity index (χ1n) is 10.5. The number of nitrogens with two attached hydrogens (primary N) is 1. The van der Waals surface area contributed by atoms with Crippen LogP contribution < -0.4 is 16.9 Å². The number of aliphatic carboxylic acids is 1. The molecular weight excluding hydrogens is 566 g/mol. The molecule has 0 saturated carbocycles. The third-order valence-corrected chi connectivity index (χ3v) is 8.12. The number of carbonyl (C=O) groups is 4. The highest BCUT2D eigenvalue weighted by Gasteiger charge is 2.54. The van der Waals surface area contributed by atoms with Crippen LogP contribution in [0.25, 0.3) is 0 Å². The molecule has 4 N–H and O–H groups in total. The van der Waals surface area contributed by atoms with Crippen molar-refractivity contribution in [3.05, 3.63) is 43.8 Å². The summed E-state index contributed by atoms with van der Waals surface area (Å²) in [7, 11) is 0. The largest absolute Gasteiger partial charge is 0.519 e. The predicted octanol–water partition coefficient (Wildman–Crippen LogP) is 0.103. The van der Waals surface area contributed by atoms with Crippen LogP contribution in [0, 0.1) is 6.92 Å². The minimum absolute atomic E-state index is 0.0196. The zero-order valence-electron chi connectivity index (χ0n) is 19.6. The lowest BCUT2D eigenvalue weighted by Crippen LogP contribution is -2.71. The average Bonchev–Trinajstić information content (AvgIpc) is 3.45. The zero-order valence-corrected chi connectivity index (χ0v) is 22.1. The highest BCUT2D eigenvalue weighted by molar-refractivity contribution is 8.05. The summed E-state index contributed by atoms with van der Waals surface area (Å²) in [5.41, 5.74) is 5.31. The Morgan fingerprint density at radius 2 is 2.13 bits per heavy atom. The maximum absolute atomic E-state index is 13.1. The average molecular weight is 586 g/mol. The highest BCUT2D eigenvalue weighted by atomic mass is 32.2. The number of β-lactam (4-membered cyclic amide) rings is 1. The molecule has 2 aliphatic heterocycles. The lowest BCUT2D eigenvalue weighted by atomic mass is 10.0. The van der Waals surface area contributed by atoms with Gasteiger partial charge in [-0.15, -0.1) is 34.9 Å². The van der Waals surface area contributed by atoms with E-state index in [9.17, 15) is 24.0 Å². The van der Waals surface area contributed by atoms with E-state index in [-0.39, 0.29) is 40.4 Å². The van der Waals surface area contributed by atoms with Gasteiger partial charge in [0.25, 0.3) is 11.8 Å². The van der Waals surface area contributed by atoms with Crippen LogP contribution in [-0.2, 0) is 35.4 Å². The van der Waals surface area contributed by atoms with Crippen molar-refractivity contribution in [2.24, 2.45) is 5.16 Å². The molecule has 1 fully saturated rings. The number of carboxylic acid groups (broad SMARTS) is 1. The van der Waals surface area contributed by atoms with Crippen molar-refractivity contribution >= 4 is 69.5 Å². The first-order chi connectivity index (χ1) is 18.1. The number of esters is 1. The number of carboxylic acids is 1. The topological polar surface area (TPSA) is 217 Å². The molecule has 2 atom stereocenters. The SMILES string of the molecule is CSC1=C(C(=O)OCc2oc(=O)oc2C)N2C(=O)C(NC(=O)C(=NOCC(=O)O)c3csc(N)n3)[C@@H]2SC1. The molecule has 0 spiro atoms. The maximum Gasteiger partial charge on any atom is 0.519 e. The second kappa shape index (κ2) is 11.3. The van der Waals surface area contributed by atoms with Gasteiger partial charge < -0.3 is 34.6 Å². The molecule has 1 saturated heterocycles. The first-order valence-corrected chi connectivity index (χ1v) is 13.7. The standard InChI is InChI=1S/C20H19N5O10S3/c1-7-9(35-20(31)34-7)3-32-18(30)14-10(36-2)6-37-17-13(16(29)25(14)17)23-15(28)12(24-33-4-11(26)27)8-5-38-19(21)22-8/h5,13,17H,3-4,6H2,1-2H3,(H2,21,22)(H,23,28)(H,26,27)/t13?,17-/m0/s1. The monoisotopic (exact) mass is 585 g/mol. The summed E-state index contributed by atoms with van der Waals surface area (Å²) in [6, 6.07) is -1.03. The van der Waals surface area contributed by atoms with Crippen LogP contribution in [0.15, 0.2) is 34.8 Å². The highest BCUT2D eigenvalue weighted by Crippen LogP contribution is 2.43. The molecule has 2 aliphatic rings. The number of oxime groups is 1. The van der Waals surface area contributed by atoms with Crippen LogP contribution >= 0.6 is 34.9 Å². The van der Waals surface area contributed by atoms with Crippen LogP contribution in [0.3, 0.4) is 0 Å². The summed E-state index contributed by atoms with van der Waals surface area (Å²) >= 11 is 3.61. The number of carbonyl (C=O) groups excluding carboxylic acids is 3. The van der Waals surface area contributed by atoms with Gasteiger partial charge in [-0.25, -0.2) is 19.4 Å². The summed E-state index contributed by atoms with van der Waals surface area (Å²) in [4.78, 5) is 71.5. The first kappa shape index (κ1) is 27.3. The van der Waals surface area contributed by atoms with Gasteiger partial charge in [0.05, 0.1) is 0 Å². The van der Waals surface area contributed by atoms with Crippen LogP contribution in [0.4, 0.5) is 5.13 Å². The van der Waals surface area contributed by atoms with Gasteiger partial charge >= 0.3 is 17.8 Å². The minimum atomic E-state index is -1.31. The number of anilines is 1. The van der Waals surface area contributed by atoms with E-state index in [0.717, 1.165) is 11.3 Å². The number of aryl methyl sites for hydroxylation is 1. The van der Waals surface area contributed by atoms with Gasteiger partial charge in [0.2, 0.25) is 6.61 Å². The predicted molar refractivity (Wildman–Crippen MR) is 134 cm³/mol. The van der Waals surface area contributed by atoms with E-state index in [0.29, 0.717) is 10.7 Å². The molecule has 2 aromatic heterocycles. The van der Waals surface area contributed by atoms with Crippen molar-refractivity contribution in [1.82, 2.24) is 15.2 Å². The number of hydrogen-bond acceptors (Lipinski definition) is 15. The van der Waals surface area contributed by atoms with Crippen LogP contribution in [0.5, 0.6) is 0 Å². The number of nitrogens with zero attached hydrogens (tertiary/aromatic N) is 3. The van der Waals surface area contributed by atoms with E-state index in [1.807, 2.05) is 0 Å². The Hall–Kier alpha value is -3.77. The van der Waals surface area contributed by atoms with Gasteiger partial charge in [-0.05, 0) is 13.2 Å². The number of aromatic nitrogens is 1. The molecule has 2 aromatic rings. The van der Waals surface area contributed by atoms with Crippen molar-refractivity contribution in [1.29, 1.82) is 0 Å². The fourth-order valence-electron chi connectivity index (χ4n) is 3.41. The summed E-state index contributed by atoms with van der Waals surface area (Å²) in [5, 5.41) is 15.8. The van der Waals surface area contributed by atoms with Gasteiger partial charge in [0.1, 0.15) is 22.8 Å². The molecule has 2 amide bonds. The Bertz CT molecular complexity index is 1410. The number of nitrogen functional groups attached to an aromatic ring is 1. The zero-order chi connectivity index (χ0) is 27.6. The molecule has 4 heterocycles. The van der Waals surface area contributed by atoms with Gasteiger partial charge in [-0.3, -0.25) is 14.5 Å². The lowest BCUT2D eigenvalue weighted by molar-refractivity contribution is -0.153. The Morgan fingerprint density at radius 1 is 1.37 bits per heavy atom. The van der Waals surface area contributed by atoms with E-state index < -0.39 is 47.6 Å². The van der Waals surface area contributed by atoms with E-state index >= 15 is 0 Å². The van der Waals surface area contributed by atoms with Crippen molar-refractivity contribution in [3.63, 3.8) is 0 Å². The molecule has 38 heavy (non-hydrogen) atoms. The summed E-state index contributed by atoms with van der Waals surface area (Å²) in [6.45, 7) is 0.291. The molecule has 0 aliphatic carbocycles. The van der Waals surface area contributed by atoms with Gasteiger partial charge in [-0.2, -0.15) is 0 Å². The van der Waals surface area contributed by atoms with E-state index in [1.165, 1.54) is 40.7 Å². The molecule has 18 heteroatoms. The number of nitrogens with one attached hydrogen (secondary N) is 1. The third-order valence-electron chi connectivity index (χ3n) is 5.15. The second-order valence-corrected chi connectivity index (χ2v) is 10.4. The molecule has 1 unspecified atom stereocenters. The number of ether oxygens (including phenoxy) is 1. The molecule has 202 valence electrons. The molecule has 15 nitrogen and oxygen atoms in total. The molecule has 4 rings (SSSR count). The Balaban J connectivity index is 1.49. The third kappa shape index (κ3) is 5.55. The lowest BCUT2D eigenvalue weighted by Gasteiger charge is -2.49. The number of thiazole rings is 1. The Kier molecular flexibility index (Phi) is 8.12. The number of amides is 2. The molecular formula is C20H19N5O10S3. The minimum Gasteiger partial charge on any atom is -0.479 e. The Morgan fingerprint density at radius 3 is 2.74 bits per heavy atom. The van der Waals surface area contributed by atoms with Gasteiger partial charge in [-0.1, -0.05) is 5.16 Å². The maximum atomic E-state index is 13.1. The normalized spacial score (nSPS) is 19.1. The number of thioether (sulfide) groups is 2. The van der Waals surface area contributed by atoms with Crippen molar-refractivity contribution in [2.45, 2.75) is 24.9 Å². The van der Waals surface area contributed by atoms with Gasteiger partial charge in [0.15, 0.2) is 29.0 Å². The van der Waals surface area contributed by atoms with E-state index in [2.05, 4.69) is 15.5 Å². The molecule has 0 radical (unpaired) electrons. The quantitative estimate of drug-likeness (QED) is 0.146. The summed E-state index contributed by atoms with van der Waals surface area (Å²) in [5.74, 6) is -3.93. The number of rotatable bonds is 10. The smallest absolute Gasteiger partial charge is 0.479 e. The van der Waals surface area contributed by atoms with E-state index in [4.69, 9.17) is 29.2 Å². The van der Waals surface area contributed by atoms with E-state index in [1.54, 1.807) is 6.26 Å². The molecule has 0 aromatic carbocycles. The summed E-state index contributed by atoms with van der Waals surface area (Å²) in [6.07, 6.45) is 1.74. The number of fused-ring (bicyclic) bond motifs is 1. The summed E-state index contributed by atoms with van der Waals surface area (Å²) < 4.78 is 14.9. The fourth-order valence-corrected chi connectivity index (χ4v) is 6.20. The molecule has 0 bridgehead atoms. The van der Waals surface area contributed by atoms with Gasteiger partial charge in [0, 0.05) is 16.0 Å². The van der Waals surface area contributed by atoms with Crippen molar-refractivity contribution in [2.75, 3.05) is 24.3 Å². The van der Waals surface area contributed by atoms with Crippen molar-refractivity contribution in [3.8, 4) is 0 Å². The fraction of sp³-hybridized carbons (Fsp3) is 0.350. The van der Waals surface area contributed by atoms with Crippen LogP contribution in [-0.4, -0.2) is 74.5 Å². The second-order valence-electron chi connectivity index (χ2n) is 7.52. The van der Waals surface area contributed by atoms with Crippen LogP contribution in [0.2, 0.25) is 0 Å². The Labute approximate surface area is 225 Å². The number of hydrogen-bond donors (Lipinski definition) is 3.